The van der Waals surface area contributed by atoms with Crippen molar-refractivity contribution in [1.82, 2.24) is 5.32 Å². The Morgan fingerprint density at radius 2 is 2.00 bits per heavy atom. The first-order valence-electron chi connectivity index (χ1n) is 5.24. The van der Waals surface area contributed by atoms with E-state index in [1.165, 1.54) is 0 Å². The Kier molecular flexibility index (Phi) is 5.52. The van der Waals surface area contributed by atoms with E-state index in [9.17, 15) is 4.79 Å². The van der Waals surface area contributed by atoms with Gasteiger partial charge >= 0.3 is 0 Å². The summed E-state index contributed by atoms with van der Waals surface area (Å²) in [6, 6.07) is 7.13. The lowest BCUT2D eigenvalue weighted by molar-refractivity contribution is 0.0953. The number of hydrogen-bond donors (Lipinski definition) is 2. The van der Waals surface area contributed by atoms with Gasteiger partial charge in [-0.1, -0.05) is 0 Å². The van der Waals surface area contributed by atoms with Gasteiger partial charge in [0.2, 0.25) is 0 Å². The van der Waals surface area contributed by atoms with E-state index in [0.29, 0.717) is 12.1 Å². The molecule has 0 bridgehead atoms. The van der Waals surface area contributed by atoms with Gasteiger partial charge in [0.15, 0.2) is 0 Å². The minimum atomic E-state index is -0.0472. The highest BCUT2D eigenvalue weighted by atomic mass is 32.1. The second kappa shape index (κ2) is 6.97. The molecule has 84 valence electrons. The number of amides is 1. The molecule has 1 aromatic carbocycles. The molecule has 0 aliphatic carbocycles. The van der Waals surface area contributed by atoms with Crippen molar-refractivity contribution in [2.24, 2.45) is 0 Å². The van der Waals surface area contributed by atoms with Gasteiger partial charge in [-0.15, -0.1) is 25.0 Å². The van der Waals surface area contributed by atoms with E-state index in [0.717, 1.165) is 24.2 Å². The lowest BCUT2D eigenvalue weighted by Crippen LogP contribution is -2.24. The molecular formula is C13H15NOS. The Morgan fingerprint density at radius 1 is 1.31 bits per heavy atom. The SMILES string of the molecule is C#CCCCCNC(=O)c1ccc(S)cc1. The fraction of sp³-hybridized carbons (Fsp3) is 0.308. The Balaban J connectivity index is 2.30. The molecule has 16 heavy (non-hydrogen) atoms. The van der Waals surface area contributed by atoms with Crippen LogP contribution >= 0.6 is 12.6 Å². The summed E-state index contributed by atoms with van der Waals surface area (Å²) in [6.45, 7) is 0.670. The van der Waals surface area contributed by atoms with Gasteiger partial charge < -0.3 is 5.32 Å². The van der Waals surface area contributed by atoms with Crippen LogP contribution in [0.15, 0.2) is 29.2 Å². The highest BCUT2D eigenvalue weighted by molar-refractivity contribution is 7.80. The molecule has 3 heteroatoms. The van der Waals surface area contributed by atoms with Crippen LogP contribution in [0.5, 0.6) is 0 Å². The average molecular weight is 233 g/mol. The normalized spacial score (nSPS) is 9.50. The van der Waals surface area contributed by atoms with Crippen molar-refractivity contribution >= 4 is 18.5 Å². The minimum absolute atomic E-state index is 0.0472. The number of nitrogens with one attached hydrogen (secondary N) is 1. The predicted molar refractivity (Wildman–Crippen MR) is 68.7 cm³/mol. The van der Waals surface area contributed by atoms with Crippen LogP contribution in [0.25, 0.3) is 0 Å². The number of rotatable bonds is 5. The van der Waals surface area contributed by atoms with Gasteiger partial charge in [-0.3, -0.25) is 4.79 Å². The fourth-order valence-electron chi connectivity index (χ4n) is 1.27. The number of carbonyl (C=O) groups excluding carboxylic acids is 1. The zero-order valence-electron chi connectivity index (χ0n) is 9.07. The smallest absolute Gasteiger partial charge is 0.251 e. The van der Waals surface area contributed by atoms with Gasteiger partial charge in [0.25, 0.3) is 5.91 Å². The molecule has 0 atom stereocenters. The average Bonchev–Trinajstić information content (AvgIpc) is 2.29. The highest BCUT2D eigenvalue weighted by Gasteiger charge is 2.03. The Morgan fingerprint density at radius 3 is 2.62 bits per heavy atom. The van der Waals surface area contributed by atoms with Crippen LogP contribution in [-0.2, 0) is 0 Å². The summed E-state index contributed by atoms with van der Waals surface area (Å²) < 4.78 is 0. The molecule has 0 aliphatic rings. The van der Waals surface area contributed by atoms with Crippen LogP contribution in [-0.4, -0.2) is 12.5 Å². The summed E-state index contributed by atoms with van der Waals surface area (Å²) >= 11 is 4.16. The van der Waals surface area contributed by atoms with E-state index in [-0.39, 0.29) is 5.91 Å². The van der Waals surface area contributed by atoms with Crippen molar-refractivity contribution in [3.8, 4) is 12.3 Å². The number of benzene rings is 1. The molecule has 0 saturated heterocycles. The van der Waals surface area contributed by atoms with Gasteiger partial charge in [-0.25, -0.2) is 0 Å². The second-order valence-electron chi connectivity index (χ2n) is 3.46. The first-order chi connectivity index (χ1) is 7.74. The number of carbonyl (C=O) groups is 1. The van der Waals surface area contributed by atoms with E-state index in [2.05, 4.69) is 23.9 Å². The van der Waals surface area contributed by atoms with Crippen molar-refractivity contribution in [1.29, 1.82) is 0 Å². The molecule has 0 aromatic heterocycles. The molecule has 0 aliphatic heterocycles. The summed E-state index contributed by atoms with van der Waals surface area (Å²) in [6.07, 6.45) is 7.77. The monoisotopic (exact) mass is 233 g/mol. The van der Waals surface area contributed by atoms with Crippen LogP contribution in [0.2, 0.25) is 0 Å². The van der Waals surface area contributed by atoms with Gasteiger partial charge in [0.1, 0.15) is 0 Å². The third-order valence-electron chi connectivity index (χ3n) is 2.16. The zero-order chi connectivity index (χ0) is 11.8. The predicted octanol–water partition coefficient (Wildman–Crippen LogP) is 2.51. The van der Waals surface area contributed by atoms with Crippen LogP contribution in [0.1, 0.15) is 29.6 Å². The quantitative estimate of drug-likeness (QED) is 0.457. The van der Waals surface area contributed by atoms with E-state index in [4.69, 9.17) is 6.42 Å². The lowest BCUT2D eigenvalue weighted by Gasteiger charge is -2.04. The van der Waals surface area contributed by atoms with E-state index >= 15 is 0 Å². The molecule has 0 heterocycles. The Labute approximate surface area is 102 Å². The number of thiol groups is 1. The molecule has 2 nitrogen and oxygen atoms in total. The Bertz CT molecular complexity index is 378. The topological polar surface area (TPSA) is 29.1 Å². The fourth-order valence-corrected chi connectivity index (χ4v) is 1.42. The Hall–Kier alpha value is -1.40. The van der Waals surface area contributed by atoms with Crippen LogP contribution in [0.3, 0.4) is 0 Å². The number of hydrogen-bond acceptors (Lipinski definition) is 2. The molecule has 0 spiro atoms. The minimum Gasteiger partial charge on any atom is -0.352 e. The molecule has 0 fully saturated rings. The molecule has 1 amide bonds. The van der Waals surface area contributed by atoms with E-state index in [1.807, 2.05) is 0 Å². The highest BCUT2D eigenvalue weighted by Crippen LogP contribution is 2.07. The molecule has 1 N–H and O–H groups in total. The van der Waals surface area contributed by atoms with Crippen molar-refractivity contribution < 1.29 is 4.79 Å². The maximum absolute atomic E-state index is 11.6. The van der Waals surface area contributed by atoms with E-state index < -0.39 is 0 Å². The molecular weight excluding hydrogens is 218 g/mol. The summed E-state index contributed by atoms with van der Waals surface area (Å²) in [7, 11) is 0. The maximum Gasteiger partial charge on any atom is 0.251 e. The summed E-state index contributed by atoms with van der Waals surface area (Å²) in [4.78, 5) is 12.5. The second-order valence-corrected chi connectivity index (χ2v) is 3.98. The largest absolute Gasteiger partial charge is 0.352 e. The van der Waals surface area contributed by atoms with Crippen LogP contribution in [0.4, 0.5) is 0 Å². The zero-order valence-corrected chi connectivity index (χ0v) is 9.97. The standard InChI is InChI=1S/C13H15NOS/c1-2-3-4-5-10-14-13(15)11-6-8-12(16)9-7-11/h1,6-9,16H,3-5,10H2,(H,14,15). The summed E-state index contributed by atoms with van der Waals surface area (Å²) in [5.74, 6) is 2.53. The van der Waals surface area contributed by atoms with Crippen LogP contribution in [0, 0.1) is 12.3 Å². The first-order valence-corrected chi connectivity index (χ1v) is 5.69. The molecule has 1 rings (SSSR count). The van der Waals surface area contributed by atoms with Gasteiger partial charge in [0, 0.05) is 23.4 Å². The molecule has 0 unspecified atom stereocenters. The van der Waals surface area contributed by atoms with Crippen molar-refractivity contribution in [2.45, 2.75) is 24.2 Å². The van der Waals surface area contributed by atoms with E-state index in [1.54, 1.807) is 24.3 Å². The van der Waals surface area contributed by atoms with Gasteiger partial charge in [-0.2, -0.15) is 0 Å². The van der Waals surface area contributed by atoms with Gasteiger partial charge in [-0.05, 0) is 37.1 Å². The van der Waals surface area contributed by atoms with Gasteiger partial charge in [0.05, 0.1) is 0 Å². The molecule has 1 aromatic rings. The third-order valence-corrected chi connectivity index (χ3v) is 2.46. The van der Waals surface area contributed by atoms with Crippen molar-refractivity contribution in [2.75, 3.05) is 6.54 Å². The lowest BCUT2D eigenvalue weighted by atomic mass is 10.2. The third kappa shape index (κ3) is 4.41. The van der Waals surface area contributed by atoms with Crippen LogP contribution < -0.4 is 5.32 Å². The number of terminal acetylenes is 1. The summed E-state index contributed by atoms with van der Waals surface area (Å²) in [5, 5.41) is 2.84. The molecule has 0 radical (unpaired) electrons. The van der Waals surface area contributed by atoms with Crippen molar-refractivity contribution in [3.63, 3.8) is 0 Å². The maximum atomic E-state index is 11.6. The summed E-state index contributed by atoms with van der Waals surface area (Å²) in [5.41, 5.74) is 0.662. The first kappa shape index (κ1) is 12.7. The molecule has 0 saturated carbocycles. The van der Waals surface area contributed by atoms with Crippen molar-refractivity contribution in [3.05, 3.63) is 29.8 Å². The number of unbranched alkanes of at least 4 members (excludes halogenated alkanes) is 2.